The number of pyridine rings is 2. The Hall–Kier alpha value is -6.10. The van der Waals surface area contributed by atoms with Gasteiger partial charge in [-0.05, 0) is 183 Å². The van der Waals surface area contributed by atoms with E-state index in [4.69, 9.17) is 33.4 Å². The minimum absolute atomic E-state index is 0.0773. The number of hydrogen-bond donors (Lipinski definition) is 4. The maximum atomic E-state index is 11.5. The van der Waals surface area contributed by atoms with Gasteiger partial charge in [-0.1, -0.05) is 138 Å². The van der Waals surface area contributed by atoms with Crippen LogP contribution >= 0.6 is 58.8 Å². The quantitative estimate of drug-likeness (QED) is 0.0112. The molecule has 10 rings (SSSR count). The van der Waals surface area contributed by atoms with Crippen LogP contribution in [0.4, 0.5) is 0 Å². The number of H-pyrrole nitrogens is 1. The fraction of sp³-hybridized carbons (Fsp3) is 0.333. The lowest BCUT2D eigenvalue weighted by Crippen LogP contribution is -2.18. The number of aromatic nitrogens is 2. The molecule has 8 aromatic rings. The second-order valence-corrected chi connectivity index (χ2v) is 30.3. The second-order valence-electron chi connectivity index (χ2n) is 24.7. The van der Waals surface area contributed by atoms with Crippen LogP contribution in [0.3, 0.4) is 0 Å². The van der Waals surface area contributed by atoms with Crippen molar-refractivity contribution in [2.45, 2.75) is 114 Å². The van der Waals surface area contributed by atoms with Crippen molar-refractivity contribution >= 4 is 127 Å². The highest BCUT2D eigenvalue weighted by atomic mass is 35.5. The minimum atomic E-state index is -4.21. The monoisotopic (exact) mass is 1360 g/mol. The number of aliphatic hydroxyl groups is 2. The first-order valence-electron chi connectivity index (χ1n) is 30.3. The summed E-state index contributed by atoms with van der Waals surface area (Å²) in [7, 11) is -4.21. The lowest BCUT2D eigenvalue weighted by Gasteiger charge is -2.24. The van der Waals surface area contributed by atoms with Crippen molar-refractivity contribution in [3.63, 3.8) is 0 Å². The third kappa shape index (κ3) is 22.8. The van der Waals surface area contributed by atoms with Gasteiger partial charge in [-0.25, -0.2) is 18.4 Å². The second kappa shape index (κ2) is 32.8. The van der Waals surface area contributed by atoms with E-state index in [1.165, 1.54) is 11.1 Å². The van der Waals surface area contributed by atoms with Gasteiger partial charge < -0.3 is 30.2 Å². The highest BCUT2D eigenvalue weighted by molar-refractivity contribution is 7.99. The molecule has 2 fully saturated rings. The number of thioether (sulfide) groups is 2. The minimum Gasteiger partial charge on any atom is -0.748 e. The van der Waals surface area contributed by atoms with Crippen molar-refractivity contribution in [1.29, 1.82) is 0 Å². The third-order valence-corrected chi connectivity index (χ3v) is 21.6. The number of nitrogens with one attached hydrogen (secondary N) is 1. The highest BCUT2D eigenvalue weighted by Gasteiger charge is 2.45. The Kier molecular flexibility index (Phi) is 25.6. The first-order chi connectivity index (χ1) is 43.8. The topological polar surface area (TPSA) is 241 Å². The molecule has 14 nitrogen and oxygen atoms in total. The molecule has 0 unspecified atom stereocenters. The molecule has 2 heterocycles. The predicted molar refractivity (Wildman–Crippen MR) is 370 cm³/mol. The Balaban J connectivity index is 0.000000206. The number of carboxylic acids is 2. The lowest BCUT2D eigenvalue weighted by molar-refractivity contribution is -0.777. The maximum absolute atomic E-state index is 11.5. The van der Waals surface area contributed by atoms with E-state index in [2.05, 4.69) is 111 Å². The number of fused-ring (bicyclic) bond motifs is 2. The van der Waals surface area contributed by atoms with Gasteiger partial charge in [0.1, 0.15) is 0 Å². The van der Waals surface area contributed by atoms with Gasteiger partial charge in [0, 0.05) is 84.6 Å². The van der Waals surface area contributed by atoms with Crippen LogP contribution in [-0.4, -0.2) is 73.3 Å². The molecule has 0 aliphatic heterocycles. The number of carboxylic acid groups (broad SMARTS) is 2. The molecule has 20 heteroatoms. The van der Waals surface area contributed by atoms with Crippen molar-refractivity contribution in [2.75, 3.05) is 23.0 Å². The van der Waals surface area contributed by atoms with Crippen LogP contribution in [0.1, 0.15) is 145 Å². The maximum Gasteiger partial charge on any atom is 0.303 e. The van der Waals surface area contributed by atoms with E-state index in [9.17, 15) is 43.0 Å². The van der Waals surface area contributed by atoms with Crippen LogP contribution < -0.4 is 10.2 Å². The van der Waals surface area contributed by atoms with Crippen LogP contribution in [0.25, 0.3) is 46.1 Å². The van der Waals surface area contributed by atoms with E-state index in [1.807, 2.05) is 136 Å². The summed E-state index contributed by atoms with van der Waals surface area (Å²) in [4.78, 5) is 31.2. The Morgan fingerprint density at radius 2 is 1.13 bits per heavy atom. The Labute approximate surface area is 561 Å². The van der Waals surface area contributed by atoms with Gasteiger partial charge in [-0.2, -0.15) is 27.9 Å². The summed E-state index contributed by atoms with van der Waals surface area (Å²) >= 11 is 16.6. The van der Waals surface area contributed by atoms with E-state index in [0.29, 0.717) is 22.1 Å². The number of aryl methyl sites for hydroxylation is 2. The molecule has 486 valence electrons. The molecule has 0 spiro atoms. The number of aromatic amines is 1. The highest BCUT2D eigenvalue weighted by Crippen LogP contribution is 2.55. The van der Waals surface area contributed by atoms with Crippen LogP contribution in [0, 0.1) is 10.8 Å². The summed E-state index contributed by atoms with van der Waals surface area (Å²) in [6.45, 7) is 7.32. The molecule has 0 bridgehead atoms. The van der Waals surface area contributed by atoms with Crippen molar-refractivity contribution < 1.29 is 62.6 Å². The first kappa shape index (κ1) is 71.7. The Bertz CT molecular complexity index is 3760. The van der Waals surface area contributed by atoms with Crippen LogP contribution in [0.15, 0.2) is 158 Å². The fourth-order valence-corrected chi connectivity index (χ4v) is 15.6. The number of carbonyl (C=O) groups is 2. The zero-order valence-electron chi connectivity index (χ0n) is 51.8. The molecule has 2 aliphatic carbocycles. The van der Waals surface area contributed by atoms with Gasteiger partial charge in [-0.15, -0.1) is 0 Å². The summed E-state index contributed by atoms with van der Waals surface area (Å²) in [5.41, 5.74) is 10.6. The SMILES string of the molecule is CC(C)(O)c1ccccc1CC[C@@H](SCC1(CC(=O)O)CC1)c1cccc(/C=C/c2ccc3ccc(Cl)cc3[nH+]2)c1.CC(C)(O)c1ccccc1CC[C@@H](SCC1(CC(=O)O)CC1)c1cccc(/C=C/c2ccc3ccc(Cl)cc3n2)c1.O=S(=O)([O-])CCSOO[O-]. The average Bonchev–Trinajstić information content (AvgIpc) is 1.69. The Morgan fingerprint density at radius 1 is 0.641 bits per heavy atom. The normalized spacial score (nSPS) is 14.9. The van der Waals surface area contributed by atoms with E-state index >= 15 is 0 Å². The molecule has 2 aliphatic rings. The molecule has 0 amide bonds. The molecule has 2 saturated carbocycles. The van der Waals surface area contributed by atoms with Gasteiger partial charge in [-0.3, -0.25) is 14.6 Å². The number of rotatable bonds is 29. The molecular formula is C72H77Cl2N2O12S4-. The van der Waals surface area contributed by atoms with Gasteiger partial charge >= 0.3 is 11.9 Å². The van der Waals surface area contributed by atoms with Gasteiger partial charge in [0.15, 0.2) is 0 Å². The standard InChI is InChI=1S/2C35H36ClNO3S.C2H6O6S2/c2*1-34(2,40)30-9-4-3-7-25(30)13-17-32(41-23-35(18-19-35)22-33(38)39)27-8-5-6-24(20-27)10-15-29-16-12-26-11-14-28(36)21-31(26)37-29;3-7-8-9-1-2-10(4,5)6/h2*3-12,14-16,20-21,32,40H,13,17-19,22-23H2,1-2H3,(H,38,39);3H,1-2H2,(H,4,5,6)/p-1/b2*15-10+;/t2*32-;/m11./s1. The summed E-state index contributed by atoms with van der Waals surface area (Å²) in [6, 6.07) is 53.2. The number of hydrogen-bond acceptors (Lipinski definition) is 14. The Morgan fingerprint density at radius 3 is 1.63 bits per heavy atom. The summed E-state index contributed by atoms with van der Waals surface area (Å²) < 4.78 is 33.2. The average molecular weight is 1360 g/mol. The summed E-state index contributed by atoms with van der Waals surface area (Å²) in [5, 5.41) is 56.2. The largest absolute Gasteiger partial charge is 0.748 e. The lowest BCUT2D eigenvalue weighted by atomic mass is 9.90. The molecule has 2 atom stereocenters. The molecule has 0 radical (unpaired) electrons. The zero-order chi connectivity index (χ0) is 66.1. The molecule has 5 N–H and O–H groups in total. The van der Waals surface area contributed by atoms with E-state index < -0.39 is 39.0 Å². The number of aliphatic carboxylic acids is 2. The number of benzene rings is 6. The number of halogens is 2. The van der Waals surface area contributed by atoms with Gasteiger partial charge in [0.05, 0.1) is 45.4 Å². The van der Waals surface area contributed by atoms with Gasteiger partial charge in [0.25, 0.3) is 0 Å². The molecule has 2 aromatic heterocycles. The summed E-state index contributed by atoms with van der Waals surface area (Å²) in [6.07, 6.45) is 16.1. The molecular weight excluding hydrogens is 1280 g/mol. The number of nitrogens with zero attached hydrogens (tertiary/aromatic N) is 1. The fourth-order valence-electron chi connectivity index (χ4n) is 11.0. The van der Waals surface area contributed by atoms with E-state index in [1.54, 1.807) is 0 Å². The third-order valence-electron chi connectivity index (χ3n) is 16.2. The zero-order valence-corrected chi connectivity index (χ0v) is 56.5. The molecule has 0 saturated heterocycles. The van der Waals surface area contributed by atoms with Gasteiger partial charge in [0.2, 0.25) is 11.2 Å². The van der Waals surface area contributed by atoms with E-state index in [0.717, 1.165) is 129 Å². The molecule has 6 aromatic carbocycles. The van der Waals surface area contributed by atoms with E-state index in [-0.39, 0.29) is 39.9 Å². The van der Waals surface area contributed by atoms with Crippen LogP contribution in [-0.2, 0) is 53.1 Å². The molecule has 92 heavy (non-hydrogen) atoms. The smallest absolute Gasteiger partial charge is 0.303 e. The van der Waals surface area contributed by atoms with Crippen molar-refractivity contribution in [3.05, 3.63) is 224 Å². The van der Waals surface area contributed by atoms with Crippen LogP contribution in [0.2, 0.25) is 10.0 Å². The first-order valence-corrected chi connectivity index (χ1v) is 35.6. The summed E-state index contributed by atoms with van der Waals surface area (Å²) in [5.74, 6) is -0.448. The van der Waals surface area contributed by atoms with Crippen LogP contribution in [0.5, 0.6) is 0 Å². The van der Waals surface area contributed by atoms with Crippen molar-refractivity contribution in [2.24, 2.45) is 10.8 Å². The van der Waals surface area contributed by atoms with Crippen molar-refractivity contribution in [1.82, 2.24) is 4.98 Å². The predicted octanol–water partition coefficient (Wildman–Crippen LogP) is 15.7. The van der Waals surface area contributed by atoms with Crippen molar-refractivity contribution in [3.8, 4) is 0 Å².